The third kappa shape index (κ3) is 9.56. The summed E-state index contributed by atoms with van der Waals surface area (Å²) in [6.45, 7) is 23.1. The van der Waals surface area contributed by atoms with E-state index in [1.807, 2.05) is 43.7 Å². The minimum absolute atomic E-state index is 0.0372. The summed E-state index contributed by atoms with van der Waals surface area (Å²) in [6, 6.07) is 20.2. The van der Waals surface area contributed by atoms with Crippen molar-refractivity contribution in [3.63, 3.8) is 0 Å². The summed E-state index contributed by atoms with van der Waals surface area (Å²) in [4.78, 5) is 53.1. The Kier molecular flexibility index (Phi) is 12.4. The fourth-order valence-corrected chi connectivity index (χ4v) is 12.5. The third-order valence-corrected chi connectivity index (χ3v) is 15.1. The molecule has 2 aromatic carbocycles. The standard InChI is InChI=1S/C42H56IN5O7Si/c1-39(2,3)53-36(49)47-24-28(23-29(47)26-52-56(42(10,11)12,30-19-15-13-16-20-30)31-21-17-14-18-22-31)46-25-32(43)33-34(46)44-27-45-35(33)48(37(50)54-40(4,5)6)38(51)55-41(7,8)9/h13-22,25,27-29H,23-24,26H2,1-12H3. The molecule has 302 valence electrons. The molecule has 0 radical (unpaired) electrons. The molecule has 1 aliphatic rings. The lowest BCUT2D eigenvalue weighted by atomic mass is 10.2. The second kappa shape index (κ2) is 16.1. The number of rotatable bonds is 7. The van der Waals surface area contributed by atoms with Crippen molar-refractivity contribution in [1.29, 1.82) is 0 Å². The largest absolute Gasteiger partial charge is 0.444 e. The number of carbonyl (C=O) groups excluding carboxylic acids is 3. The molecule has 2 atom stereocenters. The Morgan fingerprint density at radius 3 is 1.73 bits per heavy atom. The number of imide groups is 1. The summed E-state index contributed by atoms with van der Waals surface area (Å²) in [5, 5.41) is 2.50. The summed E-state index contributed by atoms with van der Waals surface area (Å²) < 4.78 is 27.4. The van der Waals surface area contributed by atoms with E-state index in [-0.39, 0.29) is 29.5 Å². The van der Waals surface area contributed by atoms with Crippen LogP contribution in [0.15, 0.2) is 73.2 Å². The van der Waals surface area contributed by atoms with Crippen LogP contribution in [0, 0.1) is 3.57 Å². The molecule has 1 aliphatic heterocycles. The molecule has 3 heterocycles. The van der Waals surface area contributed by atoms with Gasteiger partial charge in [-0.3, -0.25) is 0 Å². The molecule has 3 amide bonds. The van der Waals surface area contributed by atoms with Gasteiger partial charge in [-0.15, -0.1) is 0 Å². The molecule has 0 N–H and O–H groups in total. The number of anilines is 1. The fraction of sp³-hybridized carbons (Fsp3) is 0.500. The number of likely N-dealkylation sites (tertiary alicyclic amines) is 1. The summed E-state index contributed by atoms with van der Waals surface area (Å²) in [6.07, 6.45) is 1.48. The highest BCUT2D eigenvalue weighted by Crippen LogP contribution is 2.40. The second-order valence-electron chi connectivity index (χ2n) is 18.2. The Bertz CT molecular complexity index is 1960. The zero-order chi connectivity index (χ0) is 41.4. The molecule has 0 spiro atoms. The van der Waals surface area contributed by atoms with Crippen LogP contribution in [0.1, 0.15) is 95.5 Å². The van der Waals surface area contributed by atoms with Crippen molar-refractivity contribution < 1.29 is 33.0 Å². The number of fused-ring (bicyclic) bond motifs is 1. The maximum absolute atomic E-state index is 14.0. The lowest BCUT2D eigenvalue weighted by molar-refractivity contribution is 0.0179. The summed E-state index contributed by atoms with van der Waals surface area (Å²) in [7, 11) is -2.95. The first kappa shape index (κ1) is 43.1. The second-order valence-corrected chi connectivity index (χ2v) is 23.7. The van der Waals surface area contributed by atoms with Gasteiger partial charge in [0, 0.05) is 16.3 Å². The molecule has 2 aromatic heterocycles. The first-order valence-electron chi connectivity index (χ1n) is 18.9. The molecule has 56 heavy (non-hydrogen) atoms. The fourth-order valence-electron chi connectivity index (χ4n) is 7.11. The van der Waals surface area contributed by atoms with Crippen molar-refractivity contribution in [1.82, 2.24) is 19.4 Å². The van der Waals surface area contributed by atoms with Crippen LogP contribution in [-0.4, -0.2) is 82.0 Å². The maximum Gasteiger partial charge on any atom is 0.425 e. The van der Waals surface area contributed by atoms with E-state index in [1.165, 1.54) is 6.33 Å². The van der Waals surface area contributed by atoms with Crippen molar-refractivity contribution in [2.75, 3.05) is 18.1 Å². The zero-order valence-electron chi connectivity index (χ0n) is 34.7. The van der Waals surface area contributed by atoms with Crippen molar-refractivity contribution in [2.24, 2.45) is 0 Å². The molecule has 1 fully saturated rings. The van der Waals surface area contributed by atoms with Crippen LogP contribution in [0.4, 0.5) is 20.2 Å². The summed E-state index contributed by atoms with van der Waals surface area (Å²) >= 11 is 2.16. The molecule has 4 aromatic rings. The smallest absolute Gasteiger partial charge is 0.425 e. The molecule has 2 unspecified atom stereocenters. The first-order chi connectivity index (χ1) is 25.9. The van der Waals surface area contributed by atoms with Gasteiger partial charge in [-0.2, -0.15) is 4.90 Å². The predicted octanol–water partition coefficient (Wildman–Crippen LogP) is 8.84. The lowest BCUT2D eigenvalue weighted by Crippen LogP contribution is -2.67. The van der Waals surface area contributed by atoms with Crippen molar-refractivity contribution in [3.05, 3.63) is 76.8 Å². The molecule has 5 rings (SSSR count). The monoisotopic (exact) mass is 897 g/mol. The zero-order valence-corrected chi connectivity index (χ0v) is 37.8. The topological polar surface area (TPSA) is 125 Å². The Morgan fingerprint density at radius 2 is 1.27 bits per heavy atom. The van der Waals surface area contributed by atoms with Gasteiger partial charge >= 0.3 is 18.3 Å². The SMILES string of the molecule is CC(C)(C)OC(=O)N(C(=O)OC(C)(C)C)c1ncnc2c1c(I)cn2C1CC(CO[Si](c2ccccc2)(c2ccccc2)C(C)(C)C)N(C(=O)OC(C)(C)C)C1. The third-order valence-electron chi connectivity index (χ3n) is 9.23. The molecular weight excluding hydrogens is 841 g/mol. The van der Waals surface area contributed by atoms with Crippen LogP contribution in [0.25, 0.3) is 11.0 Å². The number of aromatic nitrogens is 3. The minimum atomic E-state index is -2.95. The van der Waals surface area contributed by atoms with Crippen molar-refractivity contribution >= 4 is 76.4 Å². The van der Waals surface area contributed by atoms with E-state index in [4.69, 9.17) is 18.6 Å². The summed E-state index contributed by atoms with van der Waals surface area (Å²) in [5.41, 5.74) is -2.03. The average Bonchev–Trinajstić information content (AvgIpc) is 3.64. The normalized spacial score (nSPS) is 16.8. The number of hydrogen-bond acceptors (Lipinski definition) is 9. The minimum Gasteiger partial charge on any atom is -0.444 e. The van der Waals surface area contributed by atoms with E-state index in [9.17, 15) is 14.4 Å². The van der Waals surface area contributed by atoms with Crippen LogP contribution in [0.5, 0.6) is 0 Å². The number of hydrogen-bond donors (Lipinski definition) is 0. The Balaban J connectivity index is 1.58. The highest BCUT2D eigenvalue weighted by atomic mass is 127. The Labute approximate surface area is 345 Å². The molecule has 0 aliphatic carbocycles. The first-order valence-corrected chi connectivity index (χ1v) is 21.9. The molecule has 0 saturated carbocycles. The van der Waals surface area contributed by atoms with E-state index in [0.29, 0.717) is 27.6 Å². The highest BCUT2D eigenvalue weighted by Gasteiger charge is 2.51. The van der Waals surface area contributed by atoms with Crippen LogP contribution in [0.2, 0.25) is 5.04 Å². The molecular formula is C42H56IN5O7Si. The van der Waals surface area contributed by atoms with Gasteiger partial charge in [0.1, 0.15) is 28.8 Å². The van der Waals surface area contributed by atoms with E-state index in [2.05, 4.69) is 102 Å². The van der Waals surface area contributed by atoms with E-state index in [0.717, 1.165) is 15.3 Å². The van der Waals surface area contributed by atoms with Crippen LogP contribution in [-0.2, 0) is 18.6 Å². The van der Waals surface area contributed by atoms with Gasteiger partial charge in [0.25, 0.3) is 8.32 Å². The van der Waals surface area contributed by atoms with Gasteiger partial charge in [0.15, 0.2) is 5.82 Å². The molecule has 0 bridgehead atoms. The molecule has 1 saturated heterocycles. The number of benzene rings is 2. The summed E-state index contributed by atoms with van der Waals surface area (Å²) in [5.74, 6) is 0.0372. The lowest BCUT2D eigenvalue weighted by Gasteiger charge is -2.44. The number of nitrogens with zero attached hydrogens (tertiary/aromatic N) is 5. The predicted molar refractivity (Wildman–Crippen MR) is 229 cm³/mol. The van der Waals surface area contributed by atoms with Gasteiger partial charge in [-0.05, 0) is 107 Å². The van der Waals surface area contributed by atoms with Crippen LogP contribution >= 0.6 is 22.6 Å². The van der Waals surface area contributed by atoms with Gasteiger partial charge in [-0.1, -0.05) is 81.4 Å². The quantitative estimate of drug-likeness (QED) is 0.102. The van der Waals surface area contributed by atoms with Gasteiger partial charge < -0.3 is 28.1 Å². The number of amides is 3. The van der Waals surface area contributed by atoms with E-state index < -0.39 is 43.4 Å². The molecule has 14 heteroatoms. The number of ether oxygens (including phenoxy) is 3. The van der Waals surface area contributed by atoms with Crippen LogP contribution in [0.3, 0.4) is 0 Å². The molecule has 12 nitrogen and oxygen atoms in total. The van der Waals surface area contributed by atoms with Gasteiger partial charge in [-0.25, -0.2) is 24.4 Å². The van der Waals surface area contributed by atoms with E-state index in [1.54, 1.807) is 46.4 Å². The highest BCUT2D eigenvalue weighted by molar-refractivity contribution is 14.1. The van der Waals surface area contributed by atoms with E-state index >= 15 is 0 Å². The van der Waals surface area contributed by atoms with Gasteiger partial charge in [0.05, 0.1) is 24.1 Å². The van der Waals surface area contributed by atoms with Crippen molar-refractivity contribution in [3.8, 4) is 0 Å². The number of halogens is 1. The Hall–Kier alpha value is -4.02. The van der Waals surface area contributed by atoms with Crippen LogP contribution < -0.4 is 15.3 Å². The average molecular weight is 898 g/mol. The van der Waals surface area contributed by atoms with Gasteiger partial charge in [0.2, 0.25) is 0 Å². The maximum atomic E-state index is 14.0. The number of carbonyl (C=O) groups is 3. The van der Waals surface area contributed by atoms with Crippen molar-refractivity contribution in [2.45, 2.75) is 123 Å². The Morgan fingerprint density at radius 1 is 0.768 bits per heavy atom.